The van der Waals surface area contributed by atoms with Crippen LogP contribution in [0.5, 0.6) is 0 Å². The average Bonchev–Trinajstić information content (AvgIpc) is 3.41. The van der Waals surface area contributed by atoms with Crippen molar-refractivity contribution in [2.45, 2.75) is 43.8 Å². The number of ether oxygens (including phenoxy) is 1. The minimum atomic E-state index is -0.791. The Labute approximate surface area is 139 Å². The third-order valence-corrected chi connectivity index (χ3v) is 6.46. The molecule has 1 aromatic rings. The molecule has 0 amide bonds. The predicted octanol–water partition coefficient (Wildman–Crippen LogP) is 2.93. The van der Waals surface area contributed by atoms with Gasteiger partial charge in [-0.1, -0.05) is 30.3 Å². The van der Waals surface area contributed by atoms with Crippen LogP contribution in [0.4, 0.5) is 0 Å². The van der Waals surface area contributed by atoms with Crippen molar-refractivity contribution in [1.29, 1.82) is 0 Å². The molecule has 1 N–H and O–H groups in total. The number of fused-ring (bicyclic) bond motifs is 4. The molecule has 4 aliphatic rings. The van der Waals surface area contributed by atoms with Gasteiger partial charge in [0.15, 0.2) is 0 Å². The molecule has 3 aliphatic heterocycles. The molecule has 4 fully saturated rings. The van der Waals surface area contributed by atoms with Crippen LogP contribution in [0.15, 0.2) is 30.3 Å². The van der Waals surface area contributed by atoms with E-state index in [9.17, 15) is 5.11 Å². The highest BCUT2D eigenvalue weighted by atomic mass is 16.5. The molecule has 0 spiro atoms. The lowest BCUT2D eigenvalue weighted by Crippen LogP contribution is -2.50. The monoisotopic (exact) mass is 316 g/mol. The number of hydrogen-bond acceptors (Lipinski definition) is 2. The number of benzene rings is 1. The first-order chi connectivity index (χ1) is 11.1. The van der Waals surface area contributed by atoms with E-state index >= 15 is 0 Å². The zero-order chi connectivity index (χ0) is 15.9. The number of aliphatic hydroxyl groups is 1. The van der Waals surface area contributed by atoms with Gasteiger partial charge in [-0.3, -0.25) is 0 Å². The fourth-order valence-electron chi connectivity index (χ4n) is 4.69. The van der Waals surface area contributed by atoms with Crippen molar-refractivity contribution in [3.63, 3.8) is 0 Å². The van der Waals surface area contributed by atoms with Gasteiger partial charge in [-0.25, -0.2) is 0 Å². The summed E-state index contributed by atoms with van der Waals surface area (Å²) in [5.41, 5.74) is 0.236. The number of rotatable bonds is 5. The first-order valence-electron chi connectivity index (χ1n) is 9.30. The van der Waals surface area contributed by atoms with Gasteiger partial charge in [0.2, 0.25) is 0 Å². The highest BCUT2D eigenvalue weighted by molar-refractivity contribution is 5.25. The second kappa shape index (κ2) is 5.87. The molecule has 3 heteroatoms. The fourth-order valence-corrected chi connectivity index (χ4v) is 4.69. The Kier molecular flexibility index (Phi) is 3.99. The second-order valence-electron chi connectivity index (χ2n) is 8.43. The Morgan fingerprint density at radius 3 is 2.48 bits per heavy atom. The van der Waals surface area contributed by atoms with E-state index in [-0.39, 0.29) is 0 Å². The summed E-state index contributed by atoms with van der Waals surface area (Å²) in [5, 5.41) is 11.3. The van der Waals surface area contributed by atoms with Gasteiger partial charge in [0, 0.05) is 0 Å². The summed E-state index contributed by atoms with van der Waals surface area (Å²) in [6.07, 6.45) is 6.43. The van der Waals surface area contributed by atoms with Gasteiger partial charge in [0.05, 0.1) is 26.7 Å². The van der Waals surface area contributed by atoms with Crippen LogP contribution in [0.25, 0.3) is 0 Å². The maximum Gasteiger partial charge on any atom is 0.116 e. The standard InChI is InChI=1S/C20H30NO2/c1-21-11-9-16(10-12-21)13-19(14-21)23-15-20(22,18-7-8-18)17-5-3-2-4-6-17/h2-6,16,18-19,22H,7-15H2,1H3/q+1. The molecule has 23 heavy (non-hydrogen) atoms. The van der Waals surface area contributed by atoms with Gasteiger partial charge in [0.25, 0.3) is 0 Å². The van der Waals surface area contributed by atoms with Gasteiger partial charge in [-0.15, -0.1) is 0 Å². The first-order valence-corrected chi connectivity index (χ1v) is 9.30. The largest absolute Gasteiger partial charge is 0.382 e. The number of piperidine rings is 1. The molecule has 3 heterocycles. The van der Waals surface area contributed by atoms with Crippen molar-refractivity contribution in [3.8, 4) is 0 Å². The summed E-state index contributed by atoms with van der Waals surface area (Å²) < 4.78 is 7.53. The van der Waals surface area contributed by atoms with Crippen LogP contribution in [0.1, 0.15) is 37.7 Å². The number of nitrogens with zero attached hydrogens (tertiary/aromatic N) is 1. The smallest absolute Gasteiger partial charge is 0.116 e. The van der Waals surface area contributed by atoms with E-state index < -0.39 is 5.60 Å². The molecule has 3 saturated heterocycles. The second-order valence-corrected chi connectivity index (χ2v) is 8.43. The molecular weight excluding hydrogens is 286 g/mol. The van der Waals surface area contributed by atoms with Crippen LogP contribution < -0.4 is 0 Å². The molecule has 0 aromatic heterocycles. The molecule has 2 bridgehead atoms. The van der Waals surface area contributed by atoms with Gasteiger partial charge in [-0.05, 0) is 49.5 Å². The molecule has 2 unspecified atom stereocenters. The highest BCUT2D eigenvalue weighted by Gasteiger charge is 2.46. The summed E-state index contributed by atoms with van der Waals surface area (Å²) >= 11 is 0. The zero-order valence-corrected chi connectivity index (χ0v) is 14.3. The minimum absolute atomic E-state index is 0.309. The van der Waals surface area contributed by atoms with Crippen LogP contribution in [0.2, 0.25) is 0 Å². The molecule has 1 aliphatic carbocycles. The van der Waals surface area contributed by atoms with Crippen molar-refractivity contribution >= 4 is 0 Å². The summed E-state index contributed by atoms with van der Waals surface area (Å²) in [4.78, 5) is 0. The van der Waals surface area contributed by atoms with Crippen molar-refractivity contribution in [2.75, 3.05) is 33.3 Å². The molecule has 126 valence electrons. The van der Waals surface area contributed by atoms with Gasteiger partial charge in [0.1, 0.15) is 18.2 Å². The van der Waals surface area contributed by atoms with E-state index in [2.05, 4.69) is 19.2 Å². The topological polar surface area (TPSA) is 29.5 Å². The normalized spacial score (nSPS) is 36.4. The predicted molar refractivity (Wildman–Crippen MR) is 90.9 cm³/mol. The van der Waals surface area contributed by atoms with Crippen LogP contribution in [-0.2, 0) is 10.3 Å². The maximum atomic E-state index is 11.3. The Morgan fingerprint density at radius 1 is 1.13 bits per heavy atom. The molecule has 1 aromatic carbocycles. The van der Waals surface area contributed by atoms with Crippen LogP contribution >= 0.6 is 0 Å². The highest BCUT2D eigenvalue weighted by Crippen LogP contribution is 2.46. The molecule has 1 saturated carbocycles. The van der Waals surface area contributed by atoms with Crippen molar-refractivity contribution in [3.05, 3.63) is 35.9 Å². The summed E-state index contributed by atoms with van der Waals surface area (Å²) in [5.74, 6) is 1.21. The number of quaternary nitrogens is 1. The third kappa shape index (κ3) is 3.19. The first kappa shape index (κ1) is 15.6. The van der Waals surface area contributed by atoms with Crippen LogP contribution in [0.3, 0.4) is 0 Å². The molecule has 5 rings (SSSR count). The van der Waals surface area contributed by atoms with E-state index in [4.69, 9.17) is 4.74 Å². The van der Waals surface area contributed by atoms with Crippen molar-refractivity contribution in [2.24, 2.45) is 11.8 Å². The van der Waals surface area contributed by atoms with Crippen LogP contribution in [0, 0.1) is 11.8 Å². The quantitative estimate of drug-likeness (QED) is 0.846. The number of hydrogen-bond donors (Lipinski definition) is 1. The fraction of sp³-hybridized carbons (Fsp3) is 0.700. The van der Waals surface area contributed by atoms with Crippen molar-refractivity contribution < 1.29 is 14.3 Å². The molecular formula is C20H30NO2+. The van der Waals surface area contributed by atoms with E-state index in [0.717, 1.165) is 35.4 Å². The lowest BCUT2D eigenvalue weighted by atomic mass is 9.89. The van der Waals surface area contributed by atoms with Gasteiger partial charge >= 0.3 is 0 Å². The summed E-state index contributed by atoms with van der Waals surface area (Å²) in [7, 11) is 2.38. The molecule has 0 radical (unpaired) electrons. The van der Waals surface area contributed by atoms with E-state index in [0.29, 0.717) is 18.6 Å². The zero-order valence-electron chi connectivity index (χ0n) is 14.3. The lowest BCUT2D eigenvalue weighted by molar-refractivity contribution is -0.915. The summed E-state index contributed by atoms with van der Waals surface area (Å²) in [6, 6.07) is 10.2. The Morgan fingerprint density at radius 2 is 1.83 bits per heavy atom. The van der Waals surface area contributed by atoms with Crippen LogP contribution in [-0.4, -0.2) is 49.0 Å². The Hall–Kier alpha value is -0.900. The van der Waals surface area contributed by atoms with E-state index in [1.807, 2.05) is 18.2 Å². The molecule has 2 atom stereocenters. The Balaban J connectivity index is 1.46. The van der Waals surface area contributed by atoms with Gasteiger partial charge < -0.3 is 14.3 Å². The van der Waals surface area contributed by atoms with Gasteiger partial charge in [-0.2, -0.15) is 0 Å². The van der Waals surface area contributed by atoms with E-state index in [1.165, 1.54) is 32.4 Å². The Bertz CT molecular complexity index is 534. The molecule has 3 nitrogen and oxygen atoms in total. The lowest BCUT2D eigenvalue weighted by Gasteiger charge is -2.38. The SMILES string of the molecule is C[N+]12CCC(CC1)CC(OCC(O)(c1ccccc1)C1CC1)C2. The third-order valence-electron chi connectivity index (χ3n) is 6.46. The van der Waals surface area contributed by atoms with Crippen molar-refractivity contribution in [1.82, 2.24) is 0 Å². The minimum Gasteiger partial charge on any atom is -0.382 e. The number of likely N-dealkylation sites (N-methyl/N-ethyl adjacent to an activating group) is 1. The average molecular weight is 316 g/mol. The van der Waals surface area contributed by atoms with E-state index in [1.54, 1.807) is 0 Å². The maximum absolute atomic E-state index is 11.3. The summed E-state index contributed by atoms with van der Waals surface area (Å²) in [6.45, 7) is 4.18.